The largest absolute Gasteiger partial charge is 0.496 e. The molecule has 4 heteroatoms. The third-order valence-corrected chi connectivity index (χ3v) is 3.53. The van der Waals surface area contributed by atoms with Crippen LogP contribution in [0.15, 0.2) is 48.8 Å². The van der Waals surface area contributed by atoms with Gasteiger partial charge in [-0.05, 0) is 30.7 Å². The molecule has 0 saturated heterocycles. The van der Waals surface area contributed by atoms with Crippen molar-refractivity contribution < 1.29 is 4.74 Å². The van der Waals surface area contributed by atoms with E-state index in [0.717, 1.165) is 28.0 Å². The molecule has 2 aromatic heterocycles. The van der Waals surface area contributed by atoms with E-state index in [1.807, 2.05) is 36.5 Å². The predicted octanol–water partition coefficient (Wildman–Crippen LogP) is 3.56. The molecule has 0 atom stereocenters. The van der Waals surface area contributed by atoms with Crippen LogP contribution in [0.5, 0.6) is 5.75 Å². The summed E-state index contributed by atoms with van der Waals surface area (Å²) >= 11 is 0. The second-order valence-electron chi connectivity index (χ2n) is 4.84. The maximum Gasteiger partial charge on any atom is 0.134 e. The van der Waals surface area contributed by atoms with Gasteiger partial charge in [0.05, 0.1) is 19.3 Å². The number of aromatic nitrogens is 2. The number of nitrogens with one attached hydrogen (secondary N) is 1. The van der Waals surface area contributed by atoms with Gasteiger partial charge in [-0.2, -0.15) is 0 Å². The minimum atomic E-state index is 0.649. The summed E-state index contributed by atoms with van der Waals surface area (Å²) in [5, 5.41) is 5.46. The van der Waals surface area contributed by atoms with Crippen molar-refractivity contribution in [1.29, 1.82) is 0 Å². The molecule has 0 amide bonds. The molecule has 106 valence electrons. The Morgan fingerprint density at radius 2 is 1.90 bits per heavy atom. The lowest BCUT2D eigenvalue weighted by Crippen LogP contribution is -2.05. The zero-order valence-electron chi connectivity index (χ0n) is 12.1. The smallest absolute Gasteiger partial charge is 0.134 e. The van der Waals surface area contributed by atoms with Gasteiger partial charge in [-0.1, -0.05) is 18.2 Å². The molecule has 1 aromatic carbocycles. The van der Waals surface area contributed by atoms with Gasteiger partial charge in [0.1, 0.15) is 11.6 Å². The zero-order chi connectivity index (χ0) is 14.7. The summed E-state index contributed by atoms with van der Waals surface area (Å²) in [5.74, 6) is 1.70. The SMILES string of the molecule is COc1cccc2c(NCc3ncccc3C)nccc12. The standard InChI is InChI=1S/C17H17N3O/c1-12-5-4-9-18-15(12)11-20-17-14-6-3-7-16(21-2)13(14)8-10-19-17/h3-10H,11H2,1-2H3,(H,19,20). The molecular formula is C17H17N3O. The number of anilines is 1. The quantitative estimate of drug-likeness (QED) is 0.793. The lowest BCUT2D eigenvalue weighted by atomic mass is 10.1. The molecule has 0 saturated carbocycles. The van der Waals surface area contributed by atoms with Crippen molar-refractivity contribution in [3.63, 3.8) is 0 Å². The molecule has 21 heavy (non-hydrogen) atoms. The first-order valence-corrected chi connectivity index (χ1v) is 6.85. The van der Waals surface area contributed by atoms with E-state index in [4.69, 9.17) is 4.74 Å². The molecule has 0 aliphatic heterocycles. The highest BCUT2D eigenvalue weighted by atomic mass is 16.5. The fraction of sp³-hybridized carbons (Fsp3) is 0.176. The van der Waals surface area contributed by atoms with Gasteiger partial charge in [0, 0.05) is 23.2 Å². The highest BCUT2D eigenvalue weighted by molar-refractivity contribution is 5.95. The van der Waals surface area contributed by atoms with Crippen molar-refractivity contribution in [3.8, 4) is 5.75 Å². The number of hydrogen-bond acceptors (Lipinski definition) is 4. The van der Waals surface area contributed by atoms with E-state index in [-0.39, 0.29) is 0 Å². The highest BCUT2D eigenvalue weighted by Gasteiger charge is 2.07. The Morgan fingerprint density at radius 3 is 2.71 bits per heavy atom. The number of ether oxygens (including phenoxy) is 1. The first kappa shape index (κ1) is 13.4. The lowest BCUT2D eigenvalue weighted by molar-refractivity contribution is 0.420. The minimum absolute atomic E-state index is 0.649. The Morgan fingerprint density at radius 1 is 1.00 bits per heavy atom. The lowest BCUT2D eigenvalue weighted by Gasteiger charge is -2.11. The van der Waals surface area contributed by atoms with E-state index < -0.39 is 0 Å². The number of rotatable bonds is 4. The van der Waals surface area contributed by atoms with E-state index in [0.29, 0.717) is 6.54 Å². The Labute approximate surface area is 123 Å². The van der Waals surface area contributed by atoms with Crippen molar-refractivity contribution in [3.05, 3.63) is 60.0 Å². The summed E-state index contributed by atoms with van der Waals surface area (Å²) in [6, 6.07) is 11.9. The molecule has 0 spiro atoms. The van der Waals surface area contributed by atoms with Crippen LogP contribution in [-0.2, 0) is 6.54 Å². The van der Waals surface area contributed by atoms with E-state index in [1.54, 1.807) is 13.3 Å². The Balaban J connectivity index is 1.93. The Kier molecular flexibility index (Phi) is 3.69. The van der Waals surface area contributed by atoms with Crippen LogP contribution in [0.3, 0.4) is 0 Å². The molecule has 0 fully saturated rings. The van der Waals surface area contributed by atoms with Crippen LogP contribution in [-0.4, -0.2) is 17.1 Å². The van der Waals surface area contributed by atoms with Crippen molar-refractivity contribution in [2.75, 3.05) is 12.4 Å². The molecule has 0 radical (unpaired) electrons. The second kappa shape index (κ2) is 5.79. The average molecular weight is 279 g/mol. The predicted molar refractivity (Wildman–Crippen MR) is 84.6 cm³/mol. The number of benzene rings is 1. The third-order valence-electron chi connectivity index (χ3n) is 3.53. The molecule has 4 nitrogen and oxygen atoms in total. The second-order valence-corrected chi connectivity index (χ2v) is 4.84. The zero-order valence-corrected chi connectivity index (χ0v) is 12.1. The first-order chi connectivity index (χ1) is 10.3. The monoisotopic (exact) mass is 279 g/mol. The van der Waals surface area contributed by atoms with Crippen LogP contribution in [0, 0.1) is 6.92 Å². The number of pyridine rings is 2. The average Bonchev–Trinajstić information content (AvgIpc) is 2.53. The molecule has 0 unspecified atom stereocenters. The topological polar surface area (TPSA) is 47.0 Å². The van der Waals surface area contributed by atoms with Gasteiger partial charge < -0.3 is 10.1 Å². The van der Waals surface area contributed by atoms with Gasteiger partial charge in [-0.3, -0.25) is 4.98 Å². The van der Waals surface area contributed by atoms with E-state index in [1.165, 1.54) is 5.56 Å². The van der Waals surface area contributed by atoms with Crippen LogP contribution in [0.1, 0.15) is 11.3 Å². The van der Waals surface area contributed by atoms with Crippen molar-refractivity contribution in [1.82, 2.24) is 9.97 Å². The molecular weight excluding hydrogens is 262 g/mol. The van der Waals surface area contributed by atoms with Crippen LogP contribution in [0.4, 0.5) is 5.82 Å². The Hall–Kier alpha value is -2.62. The number of aryl methyl sites for hydroxylation is 1. The van der Waals surface area contributed by atoms with Gasteiger partial charge in [-0.25, -0.2) is 4.98 Å². The molecule has 2 heterocycles. The summed E-state index contributed by atoms with van der Waals surface area (Å²) in [6.07, 6.45) is 3.60. The van der Waals surface area contributed by atoms with E-state index >= 15 is 0 Å². The molecule has 3 aromatic rings. The van der Waals surface area contributed by atoms with Crippen LogP contribution in [0.2, 0.25) is 0 Å². The van der Waals surface area contributed by atoms with E-state index in [9.17, 15) is 0 Å². The first-order valence-electron chi connectivity index (χ1n) is 6.85. The van der Waals surface area contributed by atoms with Crippen LogP contribution < -0.4 is 10.1 Å². The number of methoxy groups -OCH3 is 1. The van der Waals surface area contributed by atoms with Gasteiger partial charge >= 0.3 is 0 Å². The highest BCUT2D eigenvalue weighted by Crippen LogP contribution is 2.29. The summed E-state index contributed by atoms with van der Waals surface area (Å²) < 4.78 is 5.40. The van der Waals surface area contributed by atoms with Gasteiger partial charge in [-0.15, -0.1) is 0 Å². The third kappa shape index (κ3) is 2.65. The number of nitrogens with zero attached hydrogens (tertiary/aromatic N) is 2. The molecule has 3 rings (SSSR count). The van der Waals surface area contributed by atoms with Crippen LogP contribution >= 0.6 is 0 Å². The van der Waals surface area contributed by atoms with Gasteiger partial charge in [0.15, 0.2) is 0 Å². The molecule has 0 aliphatic carbocycles. The maximum atomic E-state index is 5.40. The van der Waals surface area contributed by atoms with Crippen LogP contribution in [0.25, 0.3) is 10.8 Å². The fourth-order valence-corrected chi connectivity index (χ4v) is 2.37. The Bertz CT molecular complexity index is 771. The summed E-state index contributed by atoms with van der Waals surface area (Å²) in [6.45, 7) is 2.71. The van der Waals surface area contributed by atoms with E-state index in [2.05, 4.69) is 28.3 Å². The van der Waals surface area contributed by atoms with Crippen molar-refractivity contribution in [2.24, 2.45) is 0 Å². The number of hydrogen-bond donors (Lipinski definition) is 1. The van der Waals surface area contributed by atoms with Crippen molar-refractivity contribution >= 4 is 16.6 Å². The van der Waals surface area contributed by atoms with Gasteiger partial charge in [0.25, 0.3) is 0 Å². The summed E-state index contributed by atoms with van der Waals surface area (Å²) in [5.41, 5.74) is 2.20. The summed E-state index contributed by atoms with van der Waals surface area (Å²) in [7, 11) is 1.68. The minimum Gasteiger partial charge on any atom is -0.496 e. The van der Waals surface area contributed by atoms with Gasteiger partial charge in [0.2, 0.25) is 0 Å². The molecule has 1 N–H and O–H groups in total. The normalized spacial score (nSPS) is 10.6. The maximum absolute atomic E-state index is 5.40. The number of fused-ring (bicyclic) bond motifs is 1. The molecule has 0 bridgehead atoms. The summed E-state index contributed by atoms with van der Waals surface area (Å²) in [4.78, 5) is 8.82. The fourth-order valence-electron chi connectivity index (χ4n) is 2.37. The molecule has 0 aliphatic rings. The van der Waals surface area contributed by atoms with Crippen molar-refractivity contribution in [2.45, 2.75) is 13.5 Å².